The first-order chi connectivity index (χ1) is 6.40. The molecule has 0 atom stereocenters. The fraction of sp³-hybridized carbons (Fsp3) is 0.286. The highest BCUT2D eigenvalue weighted by Crippen LogP contribution is 2.08. The van der Waals surface area contributed by atoms with Crippen LogP contribution in [0.1, 0.15) is 5.89 Å². The van der Waals surface area contributed by atoms with Crippen molar-refractivity contribution in [3.8, 4) is 11.6 Å². The van der Waals surface area contributed by atoms with Gasteiger partial charge in [-0.2, -0.15) is 4.98 Å². The van der Waals surface area contributed by atoms with Crippen LogP contribution in [0, 0.1) is 0 Å². The highest BCUT2D eigenvalue weighted by atomic mass is 16.5. The van der Waals surface area contributed by atoms with Gasteiger partial charge in [0.2, 0.25) is 11.7 Å². The van der Waals surface area contributed by atoms with Crippen LogP contribution in [0.2, 0.25) is 0 Å². The van der Waals surface area contributed by atoms with Crippen molar-refractivity contribution in [2.75, 3.05) is 7.05 Å². The summed E-state index contributed by atoms with van der Waals surface area (Å²) in [7, 11) is 1.82. The van der Waals surface area contributed by atoms with E-state index in [-0.39, 0.29) is 0 Å². The lowest BCUT2D eigenvalue weighted by atomic mass is 10.5. The maximum absolute atomic E-state index is 4.95. The molecule has 0 saturated carbocycles. The molecule has 0 bridgehead atoms. The quantitative estimate of drug-likeness (QED) is 0.702. The first-order valence-corrected chi connectivity index (χ1v) is 3.87. The van der Waals surface area contributed by atoms with Crippen molar-refractivity contribution in [2.45, 2.75) is 6.54 Å². The van der Waals surface area contributed by atoms with E-state index >= 15 is 0 Å². The van der Waals surface area contributed by atoms with Crippen molar-refractivity contribution >= 4 is 0 Å². The van der Waals surface area contributed by atoms with Gasteiger partial charge in [-0.1, -0.05) is 5.16 Å². The Morgan fingerprint density at radius 2 is 2.54 bits per heavy atom. The Hall–Kier alpha value is -1.69. The van der Waals surface area contributed by atoms with Gasteiger partial charge in [-0.25, -0.2) is 4.98 Å². The number of H-pyrrole nitrogens is 1. The van der Waals surface area contributed by atoms with Gasteiger partial charge in [0, 0.05) is 12.4 Å². The Labute approximate surface area is 74.4 Å². The zero-order valence-electron chi connectivity index (χ0n) is 7.11. The number of aromatic amines is 1. The fourth-order valence-electron chi connectivity index (χ4n) is 0.962. The van der Waals surface area contributed by atoms with Gasteiger partial charge in [-0.15, -0.1) is 0 Å². The van der Waals surface area contributed by atoms with E-state index in [9.17, 15) is 0 Å². The molecule has 6 heteroatoms. The van der Waals surface area contributed by atoms with Crippen LogP contribution in [-0.4, -0.2) is 27.2 Å². The molecule has 2 N–H and O–H groups in total. The maximum atomic E-state index is 4.95. The smallest absolute Gasteiger partial charge is 0.241 e. The molecule has 0 aliphatic heterocycles. The molecule has 0 spiro atoms. The van der Waals surface area contributed by atoms with E-state index in [1.54, 1.807) is 12.4 Å². The molecule has 2 rings (SSSR count). The van der Waals surface area contributed by atoms with Crippen molar-refractivity contribution in [1.29, 1.82) is 0 Å². The number of aromatic nitrogens is 4. The molecule has 0 radical (unpaired) electrons. The molecule has 13 heavy (non-hydrogen) atoms. The van der Waals surface area contributed by atoms with Gasteiger partial charge in [-0.3, -0.25) is 0 Å². The third-order valence-corrected chi connectivity index (χ3v) is 1.51. The zero-order valence-corrected chi connectivity index (χ0v) is 7.11. The van der Waals surface area contributed by atoms with Crippen LogP contribution in [0.3, 0.4) is 0 Å². The van der Waals surface area contributed by atoms with Gasteiger partial charge < -0.3 is 14.8 Å². The molecule has 0 aliphatic carbocycles. The molecule has 0 aromatic carbocycles. The molecular weight excluding hydrogens is 170 g/mol. The molecule has 0 fully saturated rings. The van der Waals surface area contributed by atoms with E-state index in [4.69, 9.17) is 4.52 Å². The number of rotatable bonds is 3. The fourth-order valence-corrected chi connectivity index (χ4v) is 0.962. The predicted molar refractivity (Wildman–Crippen MR) is 44.6 cm³/mol. The van der Waals surface area contributed by atoms with E-state index in [1.165, 1.54) is 0 Å². The van der Waals surface area contributed by atoms with Crippen LogP contribution in [0.4, 0.5) is 0 Å². The first-order valence-electron chi connectivity index (χ1n) is 3.87. The maximum Gasteiger partial charge on any atom is 0.241 e. The molecule has 6 nitrogen and oxygen atoms in total. The van der Waals surface area contributed by atoms with E-state index in [1.807, 2.05) is 7.05 Å². The second kappa shape index (κ2) is 3.36. The summed E-state index contributed by atoms with van der Waals surface area (Å²) in [6.07, 6.45) is 3.35. The van der Waals surface area contributed by atoms with Crippen LogP contribution in [0.5, 0.6) is 0 Å². The number of nitrogens with one attached hydrogen (secondary N) is 2. The second-order valence-electron chi connectivity index (χ2n) is 2.48. The summed E-state index contributed by atoms with van der Waals surface area (Å²) in [6.45, 7) is 0.563. The van der Waals surface area contributed by atoms with Crippen LogP contribution < -0.4 is 5.32 Å². The Bertz CT molecular complexity index is 366. The highest BCUT2D eigenvalue weighted by Gasteiger charge is 2.08. The van der Waals surface area contributed by atoms with Crippen LogP contribution in [0.15, 0.2) is 16.9 Å². The summed E-state index contributed by atoms with van der Waals surface area (Å²) >= 11 is 0. The van der Waals surface area contributed by atoms with Gasteiger partial charge in [0.1, 0.15) is 0 Å². The number of hydrogen-bond donors (Lipinski definition) is 2. The molecule has 0 unspecified atom stereocenters. The molecule has 2 heterocycles. The van der Waals surface area contributed by atoms with Gasteiger partial charge in [0.15, 0.2) is 5.82 Å². The van der Waals surface area contributed by atoms with E-state index in [0.29, 0.717) is 24.1 Å². The predicted octanol–water partition coefficient (Wildman–Crippen LogP) is 0.179. The van der Waals surface area contributed by atoms with Crippen molar-refractivity contribution in [3.63, 3.8) is 0 Å². The minimum absolute atomic E-state index is 0.482. The standard InChI is InChI=1S/C7H9N5O/c1-8-4-5-11-7(12-13-5)6-9-2-3-10-6/h2-3,8H,4H2,1H3,(H,9,10). The average molecular weight is 179 g/mol. The van der Waals surface area contributed by atoms with Crippen molar-refractivity contribution in [3.05, 3.63) is 18.3 Å². The highest BCUT2D eigenvalue weighted by molar-refractivity contribution is 5.40. The van der Waals surface area contributed by atoms with Gasteiger partial charge in [0.05, 0.1) is 6.54 Å². The third-order valence-electron chi connectivity index (χ3n) is 1.51. The molecule has 0 saturated heterocycles. The molecular formula is C7H9N5O. The van der Waals surface area contributed by atoms with Gasteiger partial charge in [-0.05, 0) is 7.05 Å². The molecule has 0 amide bonds. The lowest BCUT2D eigenvalue weighted by Crippen LogP contribution is -2.04. The topological polar surface area (TPSA) is 79.6 Å². The lowest BCUT2D eigenvalue weighted by Gasteiger charge is -1.86. The van der Waals surface area contributed by atoms with E-state index in [2.05, 4.69) is 25.4 Å². The molecule has 2 aromatic heterocycles. The summed E-state index contributed by atoms with van der Waals surface area (Å²) < 4.78 is 4.95. The zero-order chi connectivity index (χ0) is 9.10. The molecule has 0 aliphatic rings. The number of nitrogens with zero attached hydrogens (tertiary/aromatic N) is 3. The van der Waals surface area contributed by atoms with Crippen LogP contribution >= 0.6 is 0 Å². The monoisotopic (exact) mass is 179 g/mol. The Morgan fingerprint density at radius 3 is 3.23 bits per heavy atom. The molecule has 2 aromatic rings. The van der Waals surface area contributed by atoms with Crippen molar-refractivity contribution < 1.29 is 4.52 Å². The largest absolute Gasteiger partial charge is 0.342 e. The number of hydrogen-bond acceptors (Lipinski definition) is 5. The summed E-state index contributed by atoms with van der Waals surface area (Å²) in [5.74, 6) is 1.65. The van der Waals surface area contributed by atoms with Crippen LogP contribution in [-0.2, 0) is 6.54 Å². The second-order valence-corrected chi connectivity index (χ2v) is 2.48. The summed E-state index contributed by atoms with van der Waals surface area (Å²) in [5.41, 5.74) is 0. The Balaban J connectivity index is 2.23. The summed E-state index contributed by atoms with van der Waals surface area (Å²) in [5, 5.41) is 6.67. The van der Waals surface area contributed by atoms with Crippen molar-refractivity contribution in [2.24, 2.45) is 0 Å². The Morgan fingerprint density at radius 1 is 1.62 bits per heavy atom. The summed E-state index contributed by atoms with van der Waals surface area (Å²) in [6, 6.07) is 0. The lowest BCUT2D eigenvalue weighted by molar-refractivity contribution is 0.372. The van der Waals surface area contributed by atoms with Crippen molar-refractivity contribution in [1.82, 2.24) is 25.4 Å². The SMILES string of the molecule is CNCc1nc(-c2ncc[nH]2)no1. The third kappa shape index (κ3) is 1.57. The number of imidazole rings is 1. The van der Waals surface area contributed by atoms with E-state index < -0.39 is 0 Å². The van der Waals surface area contributed by atoms with Gasteiger partial charge in [0.25, 0.3) is 0 Å². The first kappa shape index (κ1) is 7.93. The minimum Gasteiger partial charge on any atom is -0.342 e. The van der Waals surface area contributed by atoms with Gasteiger partial charge >= 0.3 is 0 Å². The molecule has 68 valence electrons. The average Bonchev–Trinajstić information content (AvgIpc) is 2.70. The Kier molecular flexibility index (Phi) is 2.05. The van der Waals surface area contributed by atoms with Crippen LogP contribution in [0.25, 0.3) is 11.6 Å². The summed E-state index contributed by atoms with van der Waals surface area (Å²) in [4.78, 5) is 11.0. The minimum atomic E-state index is 0.482. The normalized spacial score (nSPS) is 10.5. The van der Waals surface area contributed by atoms with E-state index in [0.717, 1.165) is 0 Å².